The molecule has 4 rings (SSSR count). The molecular weight excluding hydrogens is 346 g/mol. The summed E-state index contributed by atoms with van der Waals surface area (Å²) in [6, 6.07) is 16.4. The van der Waals surface area contributed by atoms with E-state index in [1.54, 1.807) is 0 Å². The van der Waals surface area contributed by atoms with Gasteiger partial charge in [0.1, 0.15) is 12.4 Å². The van der Waals surface area contributed by atoms with Crippen LogP contribution in [-0.4, -0.2) is 33.6 Å². The molecule has 0 aliphatic carbocycles. The number of likely N-dealkylation sites (N-methyl/N-ethyl adjacent to an activating group) is 1. The summed E-state index contributed by atoms with van der Waals surface area (Å²) in [5.41, 5.74) is 4.02. The number of hydrogen-bond donors (Lipinski definition) is 1. The van der Waals surface area contributed by atoms with E-state index in [0.717, 1.165) is 40.6 Å². The first kappa shape index (κ1) is 16.9. The van der Waals surface area contributed by atoms with Crippen molar-refractivity contribution in [2.24, 2.45) is 4.99 Å². The van der Waals surface area contributed by atoms with Gasteiger partial charge in [-0.25, -0.2) is 0 Å². The highest BCUT2D eigenvalue weighted by Gasteiger charge is 2.23. The summed E-state index contributed by atoms with van der Waals surface area (Å²) in [7, 11) is 1.95. The Morgan fingerprint density at radius 1 is 1.15 bits per heavy atom. The summed E-state index contributed by atoms with van der Waals surface area (Å²) in [4.78, 5) is 4.85. The van der Waals surface area contributed by atoms with Crippen molar-refractivity contribution >= 4 is 17.3 Å². The Labute approximate surface area is 157 Å². The Balaban J connectivity index is 1.90. The molecule has 1 aliphatic rings. The molecule has 1 aromatic heterocycles. The Morgan fingerprint density at radius 2 is 1.96 bits per heavy atom. The van der Waals surface area contributed by atoms with Gasteiger partial charge in [0.15, 0.2) is 5.82 Å². The van der Waals surface area contributed by atoms with Crippen LogP contribution < -0.4 is 5.32 Å². The van der Waals surface area contributed by atoms with Gasteiger partial charge in [0.05, 0.1) is 11.4 Å². The van der Waals surface area contributed by atoms with Crippen LogP contribution in [0.5, 0.6) is 0 Å². The van der Waals surface area contributed by atoms with Crippen molar-refractivity contribution in [1.29, 1.82) is 0 Å². The van der Waals surface area contributed by atoms with Crippen LogP contribution in [-0.2, 0) is 13.0 Å². The minimum atomic E-state index is 0.303. The molecule has 0 bridgehead atoms. The zero-order valence-corrected chi connectivity index (χ0v) is 15.5. The number of nitrogens with zero attached hydrogens (tertiary/aromatic N) is 4. The number of halogens is 1. The summed E-state index contributed by atoms with van der Waals surface area (Å²) in [6.07, 6.45) is 0.784. The number of rotatable bonds is 4. The van der Waals surface area contributed by atoms with Crippen molar-refractivity contribution in [2.75, 3.05) is 7.05 Å². The van der Waals surface area contributed by atoms with Crippen LogP contribution in [0.2, 0.25) is 5.02 Å². The Morgan fingerprint density at radius 3 is 2.73 bits per heavy atom. The largest absolute Gasteiger partial charge is 0.317 e. The zero-order valence-electron chi connectivity index (χ0n) is 14.8. The molecule has 0 saturated carbocycles. The first-order valence-electron chi connectivity index (χ1n) is 8.68. The van der Waals surface area contributed by atoms with Crippen molar-refractivity contribution in [3.63, 3.8) is 0 Å². The van der Waals surface area contributed by atoms with E-state index in [1.165, 1.54) is 0 Å². The molecule has 3 aromatic rings. The number of hydrogen-bond acceptors (Lipinski definition) is 4. The van der Waals surface area contributed by atoms with Crippen LogP contribution in [0, 0.1) is 0 Å². The molecule has 5 nitrogen and oxygen atoms in total. The summed E-state index contributed by atoms with van der Waals surface area (Å²) in [5.74, 6) is 1.77. The predicted octanol–water partition coefficient (Wildman–Crippen LogP) is 3.42. The first-order chi connectivity index (χ1) is 12.7. The van der Waals surface area contributed by atoms with Crippen molar-refractivity contribution in [1.82, 2.24) is 20.1 Å². The molecule has 0 fully saturated rings. The second-order valence-corrected chi connectivity index (χ2v) is 6.89. The van der Waals surface area contributed by atoms with Crippen LogP contribution in [0.15, 0.2) is 53.5 Å². The predicted molar refractivity (Wildman–Crippen MR) is 104 cm³/mol. The van der Waals surface area contributed by atoms with Crippen LogP contribution in [0.1, 0.15) is 29.7 Å². The van der Waals surface area contributed by atoms with Crippen molar-refractivity contribution in [3.05, 3.63) is 76.3 Å². The maximum absolute atomic E-state index is 6.32. The number of benzene rings is 2. The Kier molecular flexibility index (Phi) is 4.57. The van der Waals surface area contributed by atoms with Crippen molar-refractivity contribution in [2.45, 2.75) is 25.9 Å². The molecule has 1 unspecified atom stereocenters. The minimum Gasteiger partial charge on any atom is -0.317 e. The lowest BCUT2D eigenvalue weighted by molar-refractivity contribution is 0.584. The molecule has 1 aliphatic heterocycles. The van der Waals surface area contributed by atoms with E-state index >= 15 is 0 Å². The van der Waals surface area contributed by atoms with Gasteiger partial charge in [-0.3, -0.25) is 9.56 Å². The summed E-state index contributed by atoms with van der Waals surface area (Å²) in [6.45, 7) is 2.62. The Hall–Kier alpha value is -2.50. The van der Waals surface area contributed by atoms with E-state index in [1.807, 2.05) is 43.4 Å². The maximum atomic E-state index is 6.32. The molecule has 1 atom stereocenters. The molecule has 6 heteroatoms. The van der Waals surface area contributed by atoms with E-state index < -0.39 is 0 Å². The molecule has 132 valence electrons. The van der Waals surface area contributed by atoms with Crippen LogP contribution >= 0.6 is 11.6 Å². The maximum Gasteiger partial charge on any atom is 0.159 e. The molecule has 2 heterocycles. The molecular formula is C20H20ClN5. The molecule has 0 radical (unpaired) electrons. The van der Waals surface area contributed by atoms with Gasteiger partial charge in [-0.1, -0.05) is 41.9 Å². The quantitative estimate of drug-likeness (QED) is 0.770. The molecule has 0 spiro atoms. The van der Waals surface area contributed by atoms with Crippen LogP contribution in [0.4, 0.5) is 0 Å². The lowest BCUT2D eigenvalue weighted by atomic mass is 10.0. The van der Waals surface area contributed by atoms with E-state index in [-0.39, 0.29) is 0 Å². The Bertz CT molecular complexity index is 962. The standard InChI is InChI=1S/C20H20ClN5/c1-13(22-2)10-18-24-25-19-12-23-20(14-6-4-3-5-7-14)16-11-15(21)8-9-17(16)26(18)19/h3-9,11,13,22H,10,12H2,1-2H3. The smallest absolute Gasteiger partial charge is 0.159 e. The van der Waals surface area contributed by atoms with Gasteiger partial charge in [0.2, 0.25) is 0 Å². The van der Waals surface area contributed by atoms with Crippen molar-refractivity contribution < 1.29 is 0 Å². The average molecular weight is 366 g/mol. The van der Waals surface area contributed by atoms with Gasteiger partial charge < -0.3 is 5.32 Å². The second-order valence-electron chi connectivity index (χ2n) is 6.45. The fraction of sp³-hybridized carbons (Fsp3) is 0.250. The number of aliphatic imine (C=N–C) groups is 1. The van der Waals surface area contributed by atoms with Crippen molar-refractivity contribution in [3.8, 4) is 5.69 Å². The fourth-order valence-electron chi connectivity index (χ4n) is 3.21. The third-order valence-electron chi connectivity index (χ3n) is 4.66. The normalized spacial score (nSPS) is 14.2. The van der Waals surface area contributed by atoms with E-state index in [4.69, 9.17) is 16.6 Å². The van der Waals surface area contributed by atoms with Gasteiger partial charge in [0.25, 0.3) is 0 Å². The average Bonchev–Trinajstić information content (AvgIpc) is 2.97. The topological polar surface area (TPSA) is 55.1 Å². The van der Waals surface area contributed by atoms with Gasteiger partial charge in [-0.05, 0) is 32.2 Å². The third-order valence-corrected chi connectivity index (χ3v) is 4.89. The highest BCUT2D eigenvalue weighted by Crippen LogP contribution is 2.28. The van der Waals surface area contributed by atoms with Gasteiger partial charge >= 0.3 is 0 Å². The first-order valence-corrected chi connectivity index (χ1v) is 9.05. The monoisotopic (exact) mass is 365 g/mol. The molecule has 0 amide bonds. The van der Waals surface area contributed by atoms with E-state index in [9.17, 15) is 0 Å². The van der Waals surface area contributed by atoms with E-state index in [0.29, 0.717) is 17.6 Å². The lowest BCUT2D eigenvalue weighted by Gasteiger charge is -2.15. The number of nitrogens with one attached hydrogen (secondary N) is 1. The highest BCUT2D eigenvalue weighted by molar-refractivity contribution is 6.31. The van der Waals surface area contributed by atoms with E-state index in [2.05, 4.69) is 39.1 Å². The van der Waals surface area contributed by atoms with Crippen LogP contribution in [0.3, 0.4) is 0 Å². The number of aromatic nitrogens is 3. The summed E-state index contributed by atoms with van der Waals surface area (Å²) >= 11 is 6.32. The molecule has 26 heavy (non-hydrogen) atoms. The molecule has 2 aromatic carbocycles. The third kappa shape index (κ3) is 3.04. The molecule has 0 saturated heterocycles. The number of fused-ring (bicyclic) bond motifs is 3. The second kappa shape index (κ2) is 7.02. The van der Waals surface area contributed by atoms with Gasteiger partial charge in [0, 0.05) is 28.6 Å². The van der Waals surface area contributed by atoms with Gasteiger partial charge in [-0.15, -0.1) is 10.2 Å². The van der Waals surface area contributed by atoms with Crippen LogP contribution in [0.25, 0.3) is 5.69 Å². The lowest BCUT2D eigenvalue weighted by Crippen LogP contribution is -2.25. The van der Waals surface area contributed by atoms with Gasteiger partial charge in [-0.2, -0.15) is 0 Å². The SMILES string of the molecule is CNC(C)Cc1nnc2n1-c1ccc(Cl)cc1C(c1ccccc1)=NC2. The minimum absolute atomic E-state index is 0.303. The summed E-state index contributed by atoms with van der Waals surface area (Å²) < 4.78 is 2.12. The highest BCUT2D eigenvalue weighted by atomic mass is 35.5. The zero-order chi connectivity index (χ0) is 18.1. The molecule has 1 N–H and O–H groups in total. The summed E-state index contributed by atoms with van der Waals surface area (Å²) in [5, 5.41) is 12.8. The fourth-order valence-corrected chi connectivity index (χ4v) is 3.39.